The van der Waals surface area contributed by atoms with Gasteiger partial charge in [0.25, 0.3) is 11.8 Å². The number of thioether (sulfide) groups is 2. The first kappa shape index (κ1) is 25.7. The number of nitrogen functional groups attached to an aromatic ring is 1. The number of imidazole rings is 1. The molecule has 0 aromatic carbocycles. The van der Waals surface area contributed by atoms with Crippen LogP contribution in [0.1, 0.15) is 5.69 Å². The summed E-state index contributed by atoms with van der Waals surface area (Å²) in [5.41, 5.74) is 6.88. The van der Waals surface area contributed by atoms with Crippen molar-refractivity contribution in [3.63, 3.8) is 0 Å². The van der Waals surface area contributed by atoms with Gasteiger partial charge in [0.1, 0.15) is 41.4 Å². The van der Waals surface area contributed by atoms with Gasteiger partial charge in [0.15, 0.2) is 16.5 Å². The van der Waals surface area contributed by atoms with Crippen LogP contribution in [0.3, 0.4) is 0 Å². The third-order valence-corrected chi connectivity index (χ3v) is 8.29. The van der Waals surface area contributed by atoms with E-state index in [1.807, 2.05) is 0 Å². The molecule has 2 amide bonds. The molecule has 5 rings (SSSR count). The van der Waals surface area contributed by atoms with Gasteiger partial charge in [-0.1, -0.05) is 23.0 Å². The van der Waals surface area contributed by atoms with Crippen LogP contribution < -0.4 is 11.1 Å². The predicted octanol–water partition coefficient (Wildman–Crippen LogP) is 0.829. The van der Waals surface area contributed by atoms with Crippen LogP contribution in [0.2, 0.25) is 0 Å². The summed E-state index contributed by atoms with van der Waals surface area (Å²) in [7, 11) is 1.28. The second-order valence-corrected chi connectivity index (χ2v) is 10.7. The summed E-state index contributed by atoms with van der Waals surface area (Å²) in [5.74, 6) is -1.55. The molecule has 0 saturated carbocycles. The number of allylic oxidation sites excluding steroid dienone is 1. The molecule has 14 nitrogen and oxygen atoms in total. The van der Waals surface area contributed by atoms with Gasteiger partial charge in [-0.05, 0) is 6.08 Å². The summed E-state index contributed by atoms with van der Waals surface area (Å²) < 4.78 is 0. The number of aromatic amines is 1. The molecule has 1 fully saturated rings. The Morgan fingerprint density at radius 2 is 2.26 bits per heavy atom. The molecule has 2 aliphatic heterocycles. The van der Waals surface area contributed by atoms with Gasteiger partial charge in [-0.25, -0.2) is 24.7 Å². The minimum Gasteiger partial charge on any atom is -0.477 e. The standard InChI is InChI=1S/C21H19N9O5S3/c1-35-29-12(9-5-38-21(22)27-9)17(31)28-13-10-6-37-11(15(20(33)34)30(10)19(13)32)3-2-4-36-18-14-16(24-7-23-14)25-8-26-18/h2-3,5,7-8,10,13H,4,6H2,1H3,(H2,22,27)(H,28,31)(H,33,34)(H,23,24,25,26)/b3-2+,29-12?. The lowest BCUT2D eigenvalue weighted by Gasteiger charge is -2.49. The van der Waals surface area contributed by atoms with Crippen LogP contribution in [-0.4, -0.2) is 89.1 Å². The number of anilines is 1. The molecule has 2 atom stereocenters. The van der Waals surface area contributed by atoms with Crippen molar-refractivity contribution < 1.29 is 24.3 Å². The number of hydrogen-bond donors (Lipinski definition) is 4. The number of aromatic nitrogens is 5. The summed E-state index contributed by atoms with van der Waals surface area (Å²) in [4.78, 5) is 63.8. The average molecular weight is 574 g/mol. The van der Waals surface area contributed by atoms with Crippen LogP contribution in [0.15, 0.2) is 51.0 Å². The Morgan fingerprint density at radius 1 is 1.42 bits per heavy atom. The number of carboxylic acids is 1. The lowest BCUT2D eigenvalue weighted by molar-refractivity contribution is -0.153. The van der Waals surface area contributed by atoms with Gasteiger partial charge in [0, 0.05) is 21.8 Å². The normalized spacial score (nSPS) is 19.6. The van der Waals surface area contributed by atoms with Gasteiger partial charge in [0.2, 0.25) is 0 Å². The fraction of sp³-hybridized carbons (Fsp3) is 0.238. The summed E-state index contributed by atoms with van der Waals surface area (Å²) >= 11 is 3.86. The molecule has 3 aromatic rings. The summed E-state index contributed by atoms with van der Waals surface area (Å²) in [5, 5.41) is 18.7. The highest BCUT2D eigenvalue weighted by atomic mass is 32.2. The number of nitrogens with two attached hydrogens (primary N) is 1. The number of nitrogens with one attached hydrogen (secondary N) is 2. The van der Waals surface area contributed by atoms with Crippen molar-refractivity contribution >= 4 is 74.7 Å². The smallest absolute Gasteiger partial charge is 0.353 e. The van der Waals surface area contributed by atoms with E-state index in [1.165, 1.54) is 48.2 Å². The van der Waals surface area contributed by atoms with Gasteiger partial charge >= 0.3 is 5.97 Å². The van der Waals surface area contributed by atoms with Crippen molar-refractivity contribution in [3.8, 4) is 0 Å². The Balaban J connectivity index is 1.27. The van der Waals surface area contributed by atoms with Crippen LogP contribution in [-0.2, 0) is 19.2 Å². The van der Waals surface area contributed by atoms with Crippen molar-refractivity contribution in [2.45, 2.75) is 17.1 Å². The monoisotopic (exact) mass is 573 g/mol. The van der Waals surface area contributed by atoms with Crippen molar-refractivity contribution in [1.82, 2.24) is 35.1 Å². The first-order chi connectivity index (χ1) is 18.4. The van der Waals surface area contributed by atoms with E-state index in [4.69, 9.17) is 10.6 Å². The Labute approximate surface area is 226 Å². The highest BCUT2D eigenvalue weighted by Crippen LogP contribution is 2.39. The summed E-state index contributed by atoms with van der Waals surface area (Å²) in [6, 6.07) is -1.45. The van der Waals surface area contributed by atoms with E-state index in [9.17, 15) is 19.5 Å². The van der Waals surface area contributed by atoms with Crippen LogP contribution in [0, 0.1) is 0 Å². The number of carbonyl (C=O) groups excluding carboxylic acids is 2. The van der Waals surface area contributed by atoms with E-state index in [-0.39, 0.29) is 22.2 Å². The maximum atomic E-state index is 13.0. The quantitative estimate of drug-likeness (QED) is 0.0924. The lowest BCUT2D eigenvalue weighted by Crippen LogP contribution is -2.73. The van der Waals surface area contributed by atoms with Gasteiger partial charge in [-0.15, -0.1) is 23.1 Å². The maximum Gasteiger partial charge on any atom is 0.353 e. The zero-order valence-electron chi connectivity index (χ0n) is 19.5. The number of H-pyrrole nitrogens is 1. The van der Waals surface area contributed by atoms with E-state index in [1.54, 1.807) is 17.5 Å². The first-order valence-electron chi connectivity index (χ1n) is 10.9. The second-order valence-electron chi connectivity index (χ2n) is 7.74. The molecular formula is C21H19N9O5S3. The minimum absolute atomic E-state index is 0.126. The second kappa shape index (κ2) is 10.8. The molecule has 2 unspecified atom stereocenters. The highest BCUT2D eigenvalue weighted by Gasteiger charge is 2.54. The van der Waals surface area contributed by atoms with Crippen molar-refractivity contribution in [3.05, 3.63) is 46.5 Å². The largest absolute Gasteiger partial charge is 0.477 e. The van der Waals surface area contributed by atoms with Gasteiger partial charge in [-0.2, -0.15) is 0 Å². The molecule has 0 aliphatic carbocycles. The topological polar surface area (TPSA) is 202 Å². The molecule has 0 bridgehead atoms. The number of fused-ring (bicyclic) bond motifs is 2. The highest BCUT2D eigenvalue weighted by molar-refractivity contribution is 8.03. The Morgan fingerprint density at radius 3 is 3.00 bits per heavy atom. The maximum absolute atomic E-state index is 13.0. The van der Waals surface area contributed by atoms with Crippen LogP contribution in [0.5, 0.6) is 0 Å². The first-order valence-corrected chi connectivity index (χ1v) is 13.7. The molecule has 1 saturated heterocycles. The zero-order valence-corrected chi connectivity index (χ0v) is 22.0. The molecule has 0 radical (unpaired) electrons. The number of nitrogens with zero attached hydrogens (tertiary/aromatic N) is 6. The Hall–Kier alpha value is -3.96. The number of thiazole rings is 1. The fourth-order valence-electron chi connectivity index (χ4n) is 3.88. The van der Waals surface area contributed by atoms with E-state index >= 15 is 0 Å². The van der Waals surface area contributed by atoms with Crippen molar-refractivity contribution in [2.75, 3.05) is 24.3 Å². The van der Waals surface area contributed by atoms with Crippen LogP contribution >= 0.6 is 34.9 Å². The van der Waals surface area contributed by atoms with Gasteiger partial charge in [0.05, 0.1) is 12.4 Å². The molecule has 5 heterocycles. The van der Waals surface area contributed by atoms with Gasteiger partial charge in [-0.3, -0.25) is 14.5 Å². The van der Waals surface area contributed by atoms with E-state index in [0.29, 0.717) is 27.1 Å². The average Bonchev–Trinajstić information content (AvgIpc) is 3.56. The SMILES string of the molecule is CON=C(C(=O)NC1C(=O)N2C(C(=O)O)=C(/C=C/CSc3ncnc4nc[nH]c34)SCC12)c1csc(N)n1. The van der Waals surface area contributed by atoms with Crippen LogP contribution in [0.4, 0.5) is 5.13 Å². The van der Waals surface area contributed by atoms with E-state index < -0.39 is 29.9 Å². The number of oxime groups is 1. The van der Waals surface area contributed by atoms with Crippen LogP contribution in [0.25, 0.3) is 11.2 Å². The molecule has 196 valence electrons. The number of β-lactam (4-membered cyclic amide) rings is 1. The zero-order chi connectivity index (χ0) is 26.8. The van der Waals surface area contributed by atoms with Gasteiger partial charge < -0.3 is 26.0 Å². The molecule has 3 aromatic heterocycles. The molecular weight excluding hydrogens is 554 g/mol. The van der Waals surface area contributed by atoms with Crippen molar-refractivity contribution in [1.29, 1.82) is 0 Å². The lowest BCUT2D eigenvalue weighted by atomic mass is 9.94. The third kappa shape index (κ3) is 4.82. The summed E-state index contributed by atoms with van der Waals surface area (Å²) in [6.45, 7) is 0. The number of aliphatic carboxylic acids is 1. The number of hydrogen-bond acceptors (Lipinski definition) is 13. The summed E-state index contributed by atoms with van der Waals surface area (Å²) in [6.07, 6.45) is 6.45. The third-order valence-electron chi connectivity index (χ3n) is 5.53. The van der Waals surface area contributed by atoms with E-state index in [0.717, 1.165) is 16.9 Å². The Kier molecular flexibility index (Phi) is 7.30. The number of carbonyl (C=O) groups is 3. The number of carboxylic acid groups (broad SMARTS) is 1. The van der Waals surface area contributed by atoms with E-state index in [2.05, 4.69) is 35.4 Å². The fourth-order valence-corrected chi connectivity index (χ4v) is 6.40. The minimum atomic E-state index is -1.23. The molecule has 17 heteroatoms. The molecule has 0 spiro atoms. The van der Waals surface area contributed by atoms with Crippen molar-refractivity contribution in [2.24, 2.45) is 5.16 Å². The number of rotatable bonds is 9. The Bertz CT molecular complexity index is 1510. The predicted molar refractivity (Wildman–Crippen MR) is 141 cm³/mol. The number of amides is 2. The molecule has 5 N–H and O–H groups in total. The molecule has 38 heavy (non-hydrogen) atoms. The molecule has 2 aliphatic rings.